The highest BCUT2D eigenvalue weighted by Crippen LogP contribution is 2.33. The first-order valence-corrected chi connectivity index (χ1v) is 9.80. The van der Waals surface area contributed by atoms with Gasteiger partial charge in [0, 0.05) is 12.1 Å². The maximum absolute atomic E-state index is 12.7. The van der Waals surface area contributed by atoms with Gasteiger partial charge in [-0.05, 0) is 50.8 Å². The highest BCUT2D eigenvalue weighted by molar-refractivity contribution is 5.56. The molecule has 1 aromatic carbocycles. The van der Waals surface area contributed by atoms with Crippen molar-refractivity contribution in [2.45, 2.75) is 66.8 Å². The smallest absolute Gasteiger partial charge is 0.256 e. The number of pyridine rings is 1. The lowest BCUT2D eigenvalue weighted by Gasteiger charge is -2.19. The van der Waals surface area contributed by atoms with Crippen LogP contribution in [-0.2, 0) is 6.54 Å². The number of aromatic nitrogens is 1. The van der Waals surface area contributed by atoms with Crippen LogP contribution in [0, 0.1) is 26.7 Å². The summed E-state index contributed by atoms with van der Waals surface area (Å²) in [5.74, 6) is 0.270. The first-order chi connectivity index (χ1) is 12.9. The molecule has 0 saturated carbocycles. The van der Waals surface area contributed by atoms with Crippen LogP contribution in [0.3, 0.4) is 0 Å². The van der Waals surface area contributed by atoms with E-state index in [0.717, 1.165) is 31.2 Å². The summed E-state index contributed by atoms with van der Waals surface area (Å²) >= 11 is 0. The predicted octanol–water partition coefficient (Wildman–Crippen LogP) is 6.11. The van der Waals surface area contributed by atoms with E-state index in [1.54, 1.807) is 13.8 Å². The minimum Gasteiger partial charge on any atom is -0.493 e. The first-order valence-electron chi connectivity index (χ1n) is 9.80. The van der Waals surface area contributed by atoms with Gasteiger partial charge >= 0.3 is 0 Å². The van der Waals surface area contributed by atoms with Gasteiger partial charge in [-0.2, -0.15) is 5.11 Å². The Morgan fingerprint density at radius 1 is 1.04 bits per heavy atom. The van der Waals surface area contributed by atoms with Crippen LogP contribution in [0.25, 0.3) is 0 Å². The highest BCUT2D eigenvalue weighted by Gasteiger charge is 2.19. The Hall–Kier alpha value is -2.43. The normalized spacial score (nSPS) is 12.6. The molecule has 1 N–H and O–H groups in total. The van der Waals surface area contributed by atoms with E-state index in [2.05, 4.69) is 24.1 Å². The van der Waals surface area contributed by atoms with Gasteiger partial charge in [0.25, 0.3) is 5.56 Å². The minimum absolute atomic E-state index is 0.0890. The zero-order chi connectivity index (χ0) is 20.0. The number of benzene rings is 1. The fourth-order valence-corrected chi connectivity index (χ4v) is 3.12. The summed E-state index contributed by atoms with van der Waals surface area (Å²) < 4.78 is 1.47. The van der Waals surface area contributed by atoms with E-state index in [-0.39, 0.29) is 11.4 Å². The highest BCUT2D eigenvalue weighted by atomic mass is 16.3. The zero-order valence-electron chi connectivity index (χ0n) is 17.1. The van der Waals surface area contributed by atoms with Crippen LogP contribution in [0.1, 0.15) is 56.2 Å². The molecule has 0 aliphatic carbocycles. The third kappa shape index (κ3) is 5.06. The van der Waals surface area contributed by atoms with Crippen molar-refractivity contribution in [3.63, 3.8) is 0 Å². The van der Waals surface area contributed by atoms with Gasteiger partial charge in [0.15, 0.2) is 0 Å². The molecule has 0 spiro atoms. The second kappa shape index (κ2) is 9.49. The van der Waals surface area contributed by atoms with Crippen molar-refractivity contribution in [2.75, 3.05) is 0 Å². The van der Waals surface area contributed by atoms with Crippen LogP contribution >= 0.6 is 0 Å². The monoisotopic (exact) mass is 369 g/mol. The molecule has 0 radical (unpaired) electrons. The number of hydrogen-bond donors (Lipinski definition) is 1. The van der Waals surface area contributed by atoms with Gasteiger partial charge in [0.2, 0.25) is 5.88 Å². The number of nitrogens with zero attached hydrogens (tertiary/aromatic N) is 3. The molecule has 1 atom stereocenters. The van der Waals surface area contributed by atoms with Crippen molar-refractivity contribution in [3.05, 3.63) is 51.3 Å². The third-order valence-corrected chi connectivity index (χ3v) is 5.23. The molecule has 5 heteroatoms. The van der Waals surface area contributed by atoms with Gasteiger partial charge in [0.1, 0.15) is 5.69 Å². The second-order valence-electron chi connectivity index (χ2n) is 7.29. The van der Waals surface area contributed by atoms with Gasteiger partial charge in [0.05, 0.1) is 5.69 Å². The molecule has 0 aliphatic heterocycles. The van der Waals surface area contributed by atoms with Gasteiger partial charge in [-0.1, -0.05) is 50.8 Å². The molecule has 2 aromatic rings. The van der Waals surface area contributed by atoms with Gasteiger partial charge in [-0.15, -0.1) is 5.11 Å². The van der Waals surface area contributed by atoms with Crippen molar-refractivity contribution in [1.82, 2.24) is 4.57 Å². The molecule has 1 aromatic heterocycles. The number of azo groups is 1. The van der Waals surface area contributed by atoms with Crippen LogP contribution in [0.5, 0.6) is 5.88 Å². The molecule has 27 heavy (non-hydrogen) atoms. The molecule has 1 heterocycles. The van der Waals surface area contributed by atoms with Crippen molar-refractivity contribution >= 4 is 11.4 Å². The number of hydrogen-bond acceptors (Lipinski definition) is 4. The Morgan fingerprint density at radius 2 is 1.70 bits per heavy atom. The van der Waals surface area contributed by atoms with Crippen molar-refractivity contribution in [3.8, 4) is 5.88 Å². The van der Waals surface area contributed by atoms with Gasteiger partial charge in [-0.25, -0.2) is 0 Å². The van der Waals surface area contributed by atoms with Crippen molar-refractivity contribution in [2.24, 2.45) is 16.1 Å². The molecule has 146 valence electrons. The molecule has 0 aliphatic rings. The van der Waals surface area contributed by atoms with E-state index in [4.69, 9.17) is 0 Å². The molecular weight excluding hydrogens is 338 g/mol. The topological polar surface area (TPSA) is 66.9 Å². The molecule has 0 bridgehead atoms. The standard InChI is InChI=1S/C22H31N3O2/c1-6-8-9-18(7-2)14-25-21(26)17(5)16(4)20(22(25)27)24-23-19-12-10-15(3)11-13-19/h10-13,18,27H,6-9,14H2,1-5H3/b24-23+. The summed E-state index contributed by atoms with van der Waals surface area (Å²) in [4.78, 5) is 12.7. The van der Waals surface area contributed by atoms with Crippen LogP contribution in [-0.4, -0.2) is 9.67 Å². The Kier molecular flexibility index (Phi) is 7.34. The lowest BCUT2D eigenvalue weighted by molar-refractivity contribution is 0.340. The van der Waals surface area contributed by atoms with Gasteiger partial charge < -0.3 is 5.11 Å². The van der Waals surface area contributed by atoms with Crippen LogP contribution in [0.15, 0.2) is 39.3 Å². The van der Waals surface area contributed by atoms with E-state index in [0.29, 0.717) is 35.0 Å². The largest absolute Gasteiger partial charge is 0.493 e. The summed E-state index contributed by atoms with van der Waals surface area (Å²) in [6.07, 6.45) is 4.27. The second-order valence-corrected chi connectivity index (χ2v) is 7.29. The van der Waals surface area contributed by atoms with Crippen LogP contribution in [0.2, 0.25) is 0 Å². The third-order valence-electron chi connectivity index (χ3n) is 5.23. The Balaban J connectivity index is 2.41. The number of unbranched alkanes of at least 4 members (excludes halogenated alkanes) is 1. The molecule has 1 unspecified atom stereocenters. The maximum atomic E-state index is 12.7. The Morgan fingerprint density at radius 3 is 2.30 bits per heavy atom. The molecule has 0 amide bonds. The van der Waals surface area contributed by atoms with E-state index < -0.39 is 0 Å². The van der Waals surface area contributed by atoms with Crippen molar-refractivity contribution < 1.29 is 5.11 Å². The number of aryl methyl sites for hydroxylation is 1. The zero-order valence-corrected chi connectivity index (χ0v) is 17.1. The van der Waals surface area contributed by atoms with Crippen LogP contribution < -0.4 is 5.56 Å². The summed E-state index contributed by atoms with van der Waals surface area (Å²) in [5.41, 5.74) is 3.37. The quantitative estimate of drug-likeness (QED) is 0.570. The van der Waals surface area contributed by atoms with E-state index in [9.17, 15) is 9.90 Å². The Labute approximate surface area is 161 Å². The summed E-state index contributed by atoms with van der Waals surface area (Å²) in [6, 6.07) is 7.69. The van der Waals surface area contributed by atoms with E-state index >= 15 is 0 Å². The minimum atomic E-state index is -0.144. The maximum Gasteiger partial charge on any atom is 0.256 e. The molecule has 2 rings (SSSR count). The fraction of sp³-hybridized carbons (Fsp3) is 0.500. The number of aromatic hydroxyl groups is 1. The van der Waals surface area contributed by atoms with Crippen LogP contribution in [0.4, 0.5) is 11.4 Å². The van der Waals surface area contributed by atoms with Gasteiger partial charge in [-0.3, -0.25) is 9.36 Å². The number of rotatable bonds is 8. The lowest BCUT2D eigenvalue weighted by Crippen LogP contribution is -2.26. The SMILES string of the molecule is CCCCC(CC)Cn1c(O)c(/N=N/c2ccc(C)cc2)c(C)c(C)c1=O. The summed E-state index contributed by atoms with van der Waals surface area (Å²) in [7, 11) is 0. The molecule has 0 saturated heterocycles. The first kappa shape index (κ1) is 20.9. The summed E-state index contributed by atoms with van der Waals surface area (Å²) in [6.45, 7) is 10.4. The summed E-state index contributed by atoms with van der Waals surface area (Å²) in [5, 5.41) is 19.3. The predicted molar refractivity (Wildman–Crippen MR) is 111 cm³/mol. The average molecular weight is 370 g/mol. The molecule has 0 fully saturated rings. The average Bonchev–Trinajstić information content (AvgIpc) is 2.67. The van der Waals surface area contributed by atoms with E-state index in [1.165, 1.54) is 4.57 Å². The fourth-order valence-electron chi connectivity index (χ4n) is 3.12. The Bertz CT molecular complexity index is 851. The molecular formula is C22H31N3O2. The van der Waals surface area contributed by atoms with E-state index in [1.807, 2.05) is 31.2 Å². The molecule has 5 nitrogen and oxygen atoms in total. The lowest BCUT2D eigenvalue weighted by atomic mass is 9.99. The van der Waals surface area contributed by atoms with Crippen molar-refractivity contribution in [1.29, 1.82) is 0 Å².